The molecule has 0 aliphatic carbocycles. The Morgan fingerprint density at radius 3 is 2.71 bits per heavy atom. The highest BCUT2D eigenvalue weighted by Crippen LogP contribution is 2.03. The van der Waals surface area contributed by atoms with Crippen molar-refractivity contribution in [2.45, 2.75) is 19.1 Å². The molecule has 1 aromatic carbocycles. The molecular formula is C12H14N2O3. The van der Waals surface area contributed by atoms with Crippen molar-refractivity contribution >= 4 is 6.09 Å². The zero-order valence-electron chi connectivity index (χ0n) is 9.33. The number of rotatable bonds is 6. The summed E-state index contributed by atoms with van der Waals surface area (Å²) in [6.45, 7) is 0.802. The lowest BCUT2D eigenvalue weighted by molar-refractivity contribution is 0.0768. The van der Waals surface area contributed by atoms with Crippen LogP contribution in [0.5, 0.6) is 0 Å². The van der Waals surface area contributed by atoms with Crippen LogP contribution >= 0.6 is 0 Å². The van der Waals surface area contributed by atoms with E-state index in [-0.39, 0.29) is 0 Å². The molecule has 0 saturated heterocycles. The Balaban J connectivity index is 2.19. The van der Waals surface area contributed by atoms with E-state index in [1.54, 1.807) is 0 Å². The van der Waals surface area contributed by atoms with Gasteiger partial charge in [0.15, 0.2) is 6.10 Å². The molecule has 0 aliphatic rings. The van der Waals surface area contributed by atoms with Crippen LogP contribution in [-0.2, 0) is 16.1 Å². The highest BCUT2D eigenvalue weighted by molar-refractivity contribution is 5.65. The molecule has 5 heteroatoms. The van der Waals surface area contributed by atoms with Gasteiger partial charge < -0.3 is 15.2 Å². The van der Waals surface area contributed by atoms with E-state index >= 15 is 0 Å². The van der Waals surface area contributed by atoms with Crippen molar-refractivity contribution in [3.05, 3.63) is 35.9 Å². The minimum atomic E-state index is -0.945. The van der Waals surface area contributed by atoms with E-state index in [0.29, 0.717) is 19.6 Å². The Hall–Kier alpha value is -2.06. The number of nitriles is 1. The summed E-state index contributed by atoms with van der Waals surface area (Å²) in [6.07, 6.45) is -1.48. The molecule has 0 fully saturated rings. The largest absolute Gasteiger partial charge is 0.431 e. The van der Waals surface area contributed by atoms with Crippen molar-refractivity contribution in [3.63, 3.8) is 0 Å². The lowest BCUT2D eigenvalue weighted by Crippen LogP contribution is -2.22. The van der Waals surface area contributed by atoms with Crippen molar-refractivity contribution in [3.8, 4) is 6.07 Å². The van der Waals surface area contributed by atoms with Gasteiger partial charge in [-0.1, -0.05) is 30.3 Å². The molecule has 0 spiro atoms. The molecular weight excluding hydrogens is 220 g/mol. The van der Waals surface area contributed by atoms with E-state index in [9.17, 15) is 4.79 Å². The van der Waals surface area contributed by atoms with Crippen molar-refractivity contribution < 1.29 is 14.3 Å². The molecule has 17 heavy (non-hydrogen) atoms. The zero-order chi connectivity index (χ0) is 12.5. The molecule has 0 aliphatic heterocycles. The van der Waals surface area contributed by atoms with E-state index < -0.39 is 12.2 Å². The summed E-state index contributed by atoms with van der Waals surface area (Å²) in [4.78, 5) is 10.4. The van der Waals surface area contributed by atoms with Crippen LogP contribution in [0.1, 0.15) is 12.0 Å². The van der Waals surface area contributed by atoms with E-state index in [2.05, 4.69) is 4.74 Å². The van der Waals surface area contributed by atoms with Gasteiger partial charge in [-0.25, -0.2) is 4.79 Å². The first-order valence-electron chi connectivity index (χ1n) is 5.19. The second kappa shape index (κ2) is 7.25. The predicted octanol–water partition coefficient (Wildman–Crippen LogP) is 1.58. The minimum Gasteiger partial charge on any atom is -0.431 e. The topological polar surface area (TPSA) is 85.3 Å². The number of amides is 1. The Labute approximate surface area is 99.7 Å². The number of nitrogens with two attached hydrogens (primary N) is 1. The lowest BCUT2D eigenvalue weighted by atomic mass is 10.2. The van der Waals surface area contributed by atoms with Crippen LogP contribution in [0.4, 0.5) is 4.79 Å². The summed E-state index contributed by atoms with van der Waals surface area (Å²) >= 11 is 0. The van der Waals surface area contributed by atoms with Gasteiger partial charge in [0.1, 0.15) is 6.07 Å². The second-order valence-corrected chi connectivity index (χ2v) is 3.38. The van der Waals surface area contributed by atoms with Crippen LogP contribution in [0.2, 0.25) is 0 Å². The van der Waals surface area contributed by atoms with Crippen LogP contribution in [0, 0.1) is 11.3 Å². The average molecular weight is 234 g/mol. The van der Waals surface area contributed by atoms with Gasteiger partial charge in [0.25, 0.3) is 0 Å². The molecule has 5 nitrogen and oxygen atoms in total. The minimum absolute atomic E-state index is 0.312. The van der Waals surface area contributed by atoms with Gasteiger partial charge in [0.05, 0.1) is 13.2 Å². The van der Waals surface area contributed by atoms with Crippen molar-refractivity contribution in [1.82, 2.24) is 0 Å². The molecule has 0 unspecified atom stereocenters. The Morgan fingerprint density at radius 1 is 1.41 bits per heavy atom. The number of hydrogen-bond donors (Lipinski definition) is 1. The quantitative estimate of drug-likeness (QED) is 0.757. The summed E-state index contributed by atoms with van der Waals surface area (Å²) in [7, 11) is 0. The summed E-state index contributed by atoms with van der Waals surface area (Å²) in [5.41, 5.74) is 5.86. The Morgan fingerprint density at radius 2 is 2.12 bits per heavy atom. The van der Waals surface area contributed by atoms with E-state index in [0.717, 1.165) is 5.56 Å². The van der Waals surface area contributed by atoms with Crippen LogP contribution < -0.4 is 5.73 Å². The molecule has 2 N–H and O–H groups in total. The van der Waals surface area contributed by atoms with Gasteiger partial charge in [0.2, 0.25) is 0 Å². The number of nitrogens with zero attached hydrogens (tertiary/aromatic N) is 1. The molecule has 0 aromatic heterocycles. The molecule has 1 amide bonds. The molecule has 1 atom stereocenters. The molecule has 0 saturated carbocycles. The van der Waals surface area contributed by atoms with Gasteiger partial charge in [-0.15, -0.1) is 0 Å². The second-order valence-electron chi connectivity index (χ2n) is 3.38. The summed E-state index contributed by atoms with van der Waals surface area (Å²) in [5, 5.41) is 8.65. The number of primary amides is 1. The predicted molar refractivity (Wildman–Crippen MR) is 60.8 cm³/mol. The van der Waals surface area contributed by atoms with Crippen molar-refractivity contribution in [1.29, 1.82) is 5.26 Å². The van der Waals surface area contributed by atoms with Crippen molar-refractivity contribution in [2.75, 3.05) is 6.61 Å². The molecule has 0 radical (unpaired) electrons. The number of benzene rings is 1. The Bertz CT molecular complexity index is 386. The first-order chi connectivity index (χ1) is 8.22. The molecule has 1 rings (SSSR count). The first kappa shape index (κ1) is 13.0. The van der Waals surface area contributed by atoms with Crippen LogP contribution in [-0.4, -0.2) is 18.8 Å². The maximum atomic E-state index is 10.4. The van der Waals surface area contributed by atoms with Gasteiger partial charge >= 0.3 is 6.09 Å². The van der Waals surface area contributed by atoms with Gasteiger partial charge in [-0.3, -0.25) is 0 Å². The third-order valence-corrected chi connectivity index (χ3v) is 2.04. The number of ether oxygens (including phenoxy) is 2. The summed E-state index contributed by atoms with van der Waals surface area (Å²) in [5.74, 6) is 0. The van der Waals surface area contributed by atoms with Crippen LogP contribution in [0.15, 0.2) is 30.3 Å². The van der Waals surface area contributed by atoms with E-state index in [1.807, 2.05) is 36.4 Å². The lowest BCUT2D eigenvalue weighted by Gasteiger charge is -2.09. The third-order valence-electron chi connectivity index (χ3n) is 2.04. The third kappa shape index (κ3) is 5.54. The smallest absolute Gasteiger partial charge is 0.405 e. The van der Waals surface area contributed by atoms with Crippen molar-refractivity contribution in [2.24, 2.45) is 5.73 Å². The standard InChI is InChI=1S/C12H14N2O3/c13-8-11(17-12(14)15)6-7-16-9-10-4-2-1-3-5-10/h1-5,11H,6-7,9H2,(H2,14,15)/t11-/m0/s1. The fraction of sp³-hybridized carbons (Fsp3) is 0.333. The molecule has 0 heterocycles. The van der Waals surface area contributed by atoms with Gasteiger partial charge in [-0.05, 0) is 5.56 Å². The number of carbonyl (C=O) groups excluding carboxylic acids is 1. The van der Waals surface area contributed by atoms with Gasteiger partial charge in [-0.2, -0.15) is 5.26 Å². The molecule has 1 aromatic rings. The highest BCUT2D eigenvalue weighted by Gasteiger charge is 2.10. The maximum absolute atomic E-state index is 10.4. The molecule has 90 valence electrons. The summed E-state index contributed by atoms with van der Waals surface area (Å²) < 4.78 is 9.90. The average Bonchev–Trinajstić information content (AvgIpc) is 2.34. The van der Waals surface area contributed by atoms with Crippen LogP contribution in [0.3, 0.4) is 0 Å². The number of hydrogen-bond acceptors (Lipinski definition) is 4. The highest BCUT2D eigenvalue weighted by atomic mass is 16.6. The fourth-order valence-corrected chi connectivity index (χ4v) is 1.24. The summed E-state index contributed by atoms with van der Waals surface area (Å²) in [6, 6.07) is 11.5. The SMILES string of the molecule is N#C[C@H](CCOCc1ccccc1)OC(N)=O. The first-order valence-corrected chi connectivity index (χ1v) is 5.19. The fourth-order valence-electron chi connectivity index (χ4n) is 1.24. The van der Waals surface area contributed by atoms with Crippen LogP contribution in [0.25, 0.3) is 0 Å². The Kier molecular flexibility index (Phi) is 5.55. The molecule has 0 bridgehead atoms. The monoisotopic (exact) mass is 234 g/mol. The van der Waals surface area contributed by atoms with Gasteiger partial charge in [0, 0.05) is 6.42 Å². The zero-order valence-corrected chi connectivity index (χ0v) is 9.33. The normalized spacial score (nSPS) is 11.5. The van der Waals surface area contributed by atoms with E-state index in [1.165, 1.54) is 0 Å². The van der Waals surface area contributed by atoms with E-state index in [4.69, 9.17) is 15.7 Å². The maximum Gasteiger partial charge on any atom is 0.405 e. The number of carbonyl (C=O) groups is 1.